The van der Waals surface area contributed by atoms with Crippen molar-refractivity contribution in [2.45, 2.75) is 6.54 Å². The zero-order chi connectivity index (χ0) is 12.3. The van der Waals surface area contributed by atoms with Gasteiger partial charge in [-0.2, -0.15) is 5.26 Å². The maximum Gasteiger partial charge on any atom is 0.0992 e. The number of H-pyrrole nitrogens is 1. The van der Waals surface area contributed by atoms with Crippen molar-refractivity contribution in [2.75, 3.05) is 17.7 Å². The lowest BCUT2D eigenvalue weighted by atomic mass is 10.1. The normalized spacial score (nSPS) is 9.88. The van der Waals surface area contributed by atoms with Crippen LogP contribution in [0, 0.1) is 11.3 Å². The lowest BCUT2D eigenvalue weighted by Gasteiger charge is -2.20. The summed E-state index contributed by atoms with van der Waals surface area (Å²) in [4.78, 5) is 5.19. The number of hydrogen-bond donors (Lipinski definition) is 2. The summed E-state index contributed by atoms with van der Waals surface area (Å²) in [6.07, 6.45) is 1.89. The number of nitriles is 1. The molecule has 0 saturated heterocycles. The van der Waals surface area contributed by atoms with Gasteiger partial charge in [0.2, 0.25) is 0 Å². The fourth-order valence-electron chi connectivity index (χ4n) is 1.78. The quantitative estimate of drug-likeness (QED) is 0.787. The van der Waals surface area contributed by atoms with Crippen LogP contribution in [0.25, 0.3) is 0 Å². The number of aromatic nitrogens is 1. The highest BCUT2D eigenvalue weighted by Gasteiger charge is 2.07. The van der Waals surface area contributed by atoms with Gasteiger partial charge in [-0.25, -0.2) is 0 Å². The first kappa shape index (κ1) is 11.1. The molecule has 0 aliphatic rings. The first-order valence-corrected chi connectivity index (χ1v) is 5.33. The van der Waals surface area contributed by atoms with Gasteiger partial charge in [0, 0.05) is 18.9 Å². The molecule has 4 nitrogen and oxygen atoms in total. The number of nitrogen functional groups attached to an aromatic ring is 1. The van der Waals surface area contributed by atoms with Crippen LogP contribution < -0.4 is 10.6 Å². The van der Waals surface area contributed by atoms with Crippen LogP contribution in [0.3, 0.4) is 0 Å². The summed E-state index contributed by atoms with van der Waals surface area (Å²) < 4.78 is 0. The summed E-state index contributed by atoms with van der Waals surface area (Å²) in [6.45, 7) is 0.753. The van der Waals surface area contributed by atoms with Gasteiger partial charge >= 0.3 is 0 Å². The Bertz CT molecular complexity index is 537. The molecular formula is C13H14N4. The Kier molecular flexibility index (Phi) is 3.01. The molecule has 17 heavy (non-hydrogen) atoms. The van der Waals surface area contributed by atoms with Crippen molar-refractivity contribution in [1.82, 2.24) is 4.98 Å². The summed E-state index contributed by atoms with van der Waals surface area (Å²) in [5, 5.41) is 8.77. The zero-order valence-corrected chi connectivity index (χ0v) is 9.64. The van der Waals surface area contributed by atoms with Crippen molar-refractivity contribution >= 4 is 11.4 Å². The molecule has 0 radical (unpaired) electrons. The van der Waals surface area contributed by atoms with E-state index in [4.69, 9.17) is 11.0 Å². The van der Waals surface area contributed by atoms with E-state index in [0.717, 1.165) is 17.9 Å². The first-order chi connectivity index (χ1) is 8.20. The molecule has 4 heteroatoms. The standard InChI is InChI=1S/C13H14N4/c1-17(9-11-3-2-6-16-11)13-5-4-10(8-14)7-12(13)15/h2-7,16H,9,15H2,1H3. The number of benzene rings is 1. The molecule has 3 N–H and O–H groups in total. The first-order valence-electron chi connectivity index (χ1n) is 5.33. The Hall–Kier alpha value is -2.41. The van der Waals surface area contributed by atoms with E-state index >= 15 is 0 Å². The van der Waals surface area contributed by atoms with Crippen LogP contribution in [0.1, 0.15) is 11.3 Å². The van der Waals surface area contributed by atoms with E-state index < -0.39 is 0 Å². The Morgan fingerprint density at radius 3 is 2.82 bits per heavy atom. The molecule has 2 rings (SSSR count). The maximum absolute atomic E-state index is 8.77. The van der Waals surface area contributed by atoms with Gasteiger partial charge in [0.15, 0.2) is 0 Å². The zero-order valence-electron chi connectivity index (χ0n) is 9.64. The minimum atomic E-state index is 0.583. The van der Waals surface area contributed by atoms with Crippen molar-refractivity contribution in [1.29, 1.82) is 5.26 Å². The van der Waals surface area contributed by atoms with Crippen molar-refractivity contribution < 1.29 is 0 Å². The predicted molar refractivity (Wildman–Crippen MR) is 68.5 cm³/mol. The Balaban J connectivity index is 2.20. The van der Waals surface area contributed by atoms with E-state index in [-0.39, 0.29) is 0 Å². The molecule has 0 aliphatic carbocycles. The third-order valence-electron chi connectivity index (χ3n) is 2.64. The van der Waals surface area contributed by atoms with Crippen LogP contribution in [0.4, 0.5) is 11.4 Å². The topological polar surface area (TPSA) is 68.8 Å². The van der Waals surface area contributed by atoms with Gasteiger partial charge in [-0.1, -0.05) is 0 Å². The second-order valence-corrected chi connectivity index (χ2v) is 3.94. The fourth-order valence-corrected chi connectivity index (χ4v) is 1.78. The largest absolute Gasteiger partial charge is 0.397 e. The van der Waals surface area contributed by atoms with Gasteiger partial charge in [0.25, 0.3) is 0 Å². The van der Waals surface area contributed by atoms with Crippen molar-refractivity contribution in [2.24, 2.45) is 0 Å². The minimum absolute atomic E-state index is 0.583. The number of nitrogens with zero attached hydrogens (tertiary/aromatic N) is 2. The van der Waals surface area contributed by atoms with Crippen LogP contribution in [-0.4, -0.2) is 12.0 Å². The highest BCUT2D eigenvalue weighted by molar-refractivity contribution is 5.69. The van der Waals surface area contributed by atoms with Crippen molar-refractivity contribution in [3.05, 3.63) is 47.8 Å². The number of anilines is 2. The smallest absolute Gasteiger partial charge is 0.0992 e. The Morgan fingerprint density at radius 1 is 1.41 bits per heavy atom. The number of nitrogens with two attached hydrogens (primary N) is 1. The van der Waals surface area contributed by atoms with E-state index in [1.807, 2.05) is 36.3 Å². The number of rotatable bonds is 3. The SMILES string of the molecule is CN(Cc1ccc[nH]1)c1ccc(C#N)cc1N. The maximum atomic E-state index is 8.77. The highest BCUT2D eigenvalue weighted by Crippen LogP contribution is 2.24. The van der Waals surface area contributed by atoms with Crippen LogP contribution in [-0.2, 0) is 6.54 Å². The molecule has 1 heterocycles. The number of nitrogens with one attached hydrogen (secondary N) is 1. The molecule has 0 atom stereocenters. The Labute approximate surface area is 100 Å². The van der Waals surface area contributed by atoms with Crippen LogP contribution in [0.15, 0.2) is 36.5 Å². The predicted octanol–water partition coefficient (Wildman–Crippen LogP) is 2.10. The molecule has 1 aromatic carbocycles. The molecule has 0 bridgehead atoms. The number of hydrogen-bond acceptors (Lipinski definition) is 3. The van der Waals surface area contributed by atoms with E-state index in [2.05, 4.69) is 11.1 Å². The van der Waals surface area contributed by atoms with Gasteiger partial charge in [-0.3, -0.25) is 0 Å². The van der Waals surface area contributed by atoms with E-state index in [1.54, 1.807) is 12.1 Å². The van der Waals surface area contributed by atoms with Crippen molar-refractivity contribution in [3.8, 4) is 6.07 Å². The van der Waals surface area contributed by atoms with Crippen molar-refractivity contribution in [3.63, 3.8) is 0 Å². The van der Waals surface area contributed by atoms with Crippen LogP contribution >= 0.6 is 0 Å². The van der Waals surface area contributed by atoms with Gasteiger partial charge in [-0.15, -0.1) is 0 Å². The third kappa shape index (κ3) is 2.40. The average molecular weight is 226 g/mol. The molecule has 0 fully saturated rings. The summed E-state index contributed by atoms with van der Waals surface area (Å²) in [7, 11) is 1.97. The lowest BCUT2D eigenvalue weighted by Crippen LogP contribution is -2.18. The van der Waals surface area contributed by atoms with E-state index in [0.29, 0.717) is 11.3 Å². The van der Waals surface area contributed by atoms with Gasteiger partial charge in [0.1, 0.15) is 0 Å². The molecule has 0 spiro atoms. The Morgan fingerprint density at radius 2 is 2.24 bits per heavy atom. The molecule has 2 aromatic rings. The highest BCUT2D eigenvalue weighted by atomic mass is 15.1. The second kappa shape index (κ2) is 4.62. The van der Waals surface area contributed by atoms with E-state index in [9.17, 15) is 0 Å². The molecule has 0 unspecified atom stereocenters. The number of aromatic amines is 1. The molecule has 0 aliphatic heterocycles. The molecule has 86 valence electrons. The fraction of sp³-hybridized carbons (Fsp3) is 0.154. The third-order valence-corrected chi connectivity index (χ3v) is 2.64. The summed E-state index contributed by atoms with van der Waals surface area (Å²) in [5.41, 5.74) is 9.18. The van der Waals surface area contributed by atoms with Gasteiger partial charge in [0.05, 0.1) is 29.6 Å². The lowest BCUT2D eigenvalue weighted by molar-refractivity contribution is 0.896. The molecular weight excluding hydrogens is 212 g/mol. The van der Waals surface area contributed by atoms with Crippen LogP contribution in [0.2, 0.25) is 0 Å². The van der Waals surface area contributed by atoms with E-state index in [1.165, 1.54) is 0 Å². The van der Waals surface area contributed by atoms with Gasteiger partial charge in [-0.05, 0) is 30.3 Å². The average Bonchev–Trinajstić information content (AvgIpc) is 2.81. The molecule has 1 aromatic heterocycles. The monoisotopic (exact) mass is 226 g/mol. The summed E-state index contributed by atoms with van der Waals surface area (Å²) >= 11 is 0. The molecule has 0 saturated carbocycles. The second-order valence-electron chi connectivity index (χ2n) is 3.94. The summed E-state index contributed by atoms with van der Waals surface area (Å²) in [5.74, 6) is 0. The minimum Gasteiger partial charge on any atom is -0.397 e. The summed E-state index contributed by atoms with van der Waals surface area (Å²) in [6, 6.07) is 11.4. The van der Waals surface area contributed by atoms with Crippen LogP contribution in [0.5, 0.6) is 0 Å². The molecule has 0 amide bonds. The van der Waals surface area contributed by atoms with Gasteiger partial charge < -0.3 is 15.6 Å².